The number of hydrogen-bond donors (Lipinski definition) is 1. The Morgan fingerprint density at radius 3 is 2.21 bits per heavy atom. The molecule has 1 aliphatic rings. The van der Waals surface area contributed by atoms with E-state index in [1.54, 1.807) is 54.6 Å². The largest absolute Gasteiger partial charge is 0.494 e. The van der Waals surface area contributed by atoms with Crippen molar-refractivity contribution in [1.82, 2.24) is 9.13 Å². The molecule has 0 aliphatic carbocycles. The highest BCUT2D eigenvalue weighted by Gasteiger charge is 2.37. The van der Waals surface area contributed by atoms with Crippen LogP contribution in [0.3, 0.4) is 0 Å². The number of carbonyl (C=O) groups is 4. The number of amides is 2. The molecule has 0 radical (unpaired) electrons. The third-order valence-electron chi connectivity index (χ3n) is 6.91. The molecule has 0 saturated carbocycles. The van der Waals surface area contributed by atoms with Gasteiger partial charge in [-0.25, -0.2) is 14.5 Å². The lowest BCUT2D eigenvalue weighted by Gasteiger charge is -2.15. The molecule has 2 amide bonds. The van der Waals surface area contributed by atoms with Crippen LogP contribution in [-0.4, -0.2) is 45.9 Å². The molecule has 0 saturated heterocycles. The summed E-state index contributed by atoms with van der Waals surface area (Å²) in [6.45, 7) is 1.45. The second kappa shape index (κ2) is 11.6. The zero-order chi connectivity index (χ0) is 30.8. The summed E-state index contributed by atoms with van der Waals surface area (Å²) in [6, 6.07) is 19.1. The molecule has 43 heavy (non-hydrogen) atoms. The normalized spacial score (nSPS) is 12.3. The highest BCUT2D eigenvalue weighted by Crippen LogP contribution is 2.30. The Hall–Kier alpha value is -5.78. The Balaban J connectivity index is 1.34. The number of Topliss-reactive ketones (excluding diaryl/α,β-unsaturated/α-hetero) is 1. The molecule has 1 aromatic heterocycles. The molecule has 218 valence electrons. The van der Waals surface area contributed by atoms with Crippen LogP contribution in [0, 0.1) is 0 Å². The Labute approximate surface area is 244 Å². The first kappa shape index (κ1) is 28.7. The molecule has 12 nitrogen and oxygen atoms in total. The van der Waals surface area contributed by atoms with Crippen LogP contribution in [0.5, 0.6) is 5.75 Å². The van der Waals surface area contributed by atoms with E-state index in [0.29, 0.717) is 23.6 Å². The molecule has 2 N–H and O–H groups in total. The van der Waals surface area contributed by atoms with Crippen molar-refractivity contribution in [3.63, 3.8) is 0 Å². The van der Waals surface area contributed by atoms with Gasteiger partial charge >= 0.3 is 11.7 Å². The number of nitrogens with zero attached hydrogens (tertiary/aromatic N) is 3. The van der Waals surface area contributed by atoms with Gasteiger partial charge in [0.1, 0.15) is 17.1 Å². The zero-order valence-corrected chi connectivity index (χ0v) is 23.2. The summed E-state index contributed by atoms with van der Waals surface area (Å²) in [5.41, 5.74) is 5.02. The number of benzene rings is 3. The average molecular weight is 583 g/mol. The summed E-state index contributed by atoms with van der Waals surface area (Å²) in [6.07, 6.45) is 0. The monoisotopic (exact) mass is 582 g/mol. The molecule has 0 spiro atoms. The van der Waals surface area contributed by atoms with Gasteiger partial charge in [0.05, 0.1) is 35.5 Å². The van der Waals surface area contributed by atoms with Crippen molar-refractivity contribution in [2.75, 3.05) is 23.8 Å². The fraction of sp³-hybridized carbons (Fsp3) is 0.161. The number of nitrogens with two attached hydrogens (primary N) is 1. The second-order valence-corrected chi connectivity index (χ2v) is 9.61. The quantitative estimate of drug-likeness (QED) is 0.178. The van der Waals surface area contributed by atoms with E-state index >= 15 is 0 Å². The summed E-state index contributed by atoms with van der Waals surface area (Å²) in [4.78, 5) is 78.5. The number of hydrogen-bond acceptors (Lipinski definition) is 9. The van der Waals surface area contributed by atoms with Crippen molar-refractivity contribution in [1.29, 1.82) is 0 Å². The van der Waals surface area contributed by atoms with E-state index in [9.17, 15) is 28.8 Å². The molecule has 12 heteroatoms. The van der Waals surface area contributed by atoms with E-state index < -0.39 is 47.0 Å². The van der Waals surface area contributed by atoms with Gasteiger partial charge in [-0.15, -0.1) is 0 Å². The van der Waals surface area contributed by atoms with Crippen molar-refractivity contribution in [3.05, 3.63) is 121 Å². The van der Waals surface area contributed by atoms with Crippen molar-refractivity contribution in [2.24, 2.45) is 7.05 Å². The van der Waals surface area contributed by atoms with Gasteiger partial charge < -0.3 is 15.2 Å². The SMILES string of the molecule is CCOc1ccc(N2C(=O)c3ccc(C(=O)OCC(=O)c4c(N)n(Cc5ccccc5)c(=O)n(C)c4=O)cc3C2=O)cc1. The lowest BCUT2D eigenvalue weighted by Crippen LogP contribution is -2.43. The maximum atomic E-state index is 13.1. The van der Waals surface area contributed by atoms with E-state index in [0.717, 1.165) is 14.0 Å². The van der Waals surface area contributed by atoms with Crippen LogP contribution in [0.15, 0.2) is 82.4 Å². The van der Waals surface area contributed by atoms with Gasteiger partial charge in [0.2, 0.25) is 5.78 Å². The number of nitrogen functional groups attached to an aromatic ring is 1. The summed E-state index contributed by atoms with van der Waals surface area (Å²) >= 11 is 0. The van der Waals surface area contributed by atoms with Crippen LogP contribution in [0.4, 0.5) is 11.5 Å². The number of aromatic nitrogens is 2. The Morgan fingerprint density at radius 1 is 0.860 bits per heavy atom. The van der Waals surface area contributed by atoms with Gasteiger partial charge in [-0.1, -0.05) is 30.3 Å². The van der Waals surface area contributed by atoms with Crippen molar-refractivity contribution < 1.29 is 28.7 Å². The molecule has 2 heterocycles. The predicted octanol–water partition coefficient (Wildman–Crippen LogP) is 2.42. The fourth-order valence-corrected chi connectivity index (χ4v) is 4.71. The standard InChI is InChI=1S/C31H26N4O8/c1-3-42-21-12-10-20(11-13-21)35-27(37)22-14-9-19(15-23(22)28(35)38)30(40)43-17-24(36)25-26(32)34(31(41)33(2)29(25)39)16-18-7-5-4-6-8-18/h4-15H,3,16-17,32H2,1-2H3. The first-order valence-electron chi connectivity index (χ1n) is 13.2. The second-order valence-electron chi connectivity index (χ2n) is 9.61. The lowest BCUT2D eigenvalue weighted by molar-refractivity contribution is 0.0474. The molecule has 0 unspecified atom stereocenters. The van der Waals surface area contributed by atoms with Gasteiger partial charge in [0.25, 0.3) is 17.4 Å². The molecular formula is C31H26N4O8. The fourth-order valence-electron chi connectivity index (χ4n) is 4.71. The minimum absolute atomic E-state index is 0.00855. The zero-order valence-electron chi connectivity index (χ0n) is 23.2. The smallest absolute Gasteiger partial charge is 0.338 e. The van der Waals surface area contributed by atoms with Crippen LogP contribution in [0.1, 0.15) is 53.9 Å². The molecule has 0 fully saturated rings. The predicted molar refractivity (Wildman–Crippen MR) is 156 cm³/mol. The van der Waals surface area contributed by atoms with Gasteiger partial charge in [-0.3, -0.25) is 28.3 Å². The minimum Gasteiger partial charge on any atom is -0.494 e. The summed E-state index contributed by atoms with van der Waals surface area (Å²) in [5, 5.41) is 0. The molecule has 3 aromatic carbocycles. The number of rotatable bonds is 9. The molecular weight excluding hydrogens is 556 g/mol. The Kier molecular flexibility index (Phi) is 7.76. The van der Waals surface area contributed by atoms with Gasteiger partial charge in [0.15, 0.2) is 6.61 Å². The Morgan fingerprint density at radius 2 is 1.53 bits per heavy atom. The Bertz CT molecular complexity index is 1890. The maximum Gasteiger partial charge on any atom is 0.338 e. The summed E-state index contributed by atoms with van der Waals surface area (Å²) in [5.74, 6) is -2.85. The number of anilines is 2. The third kappa shape index (κ3) is 5.33. The number of esters is 1. The maximum absolute atomic E-state index is 13.1. The van der Waals surface area contributed by atoms with E-state index in [4.69, 9.17) is 15.2 Å². The summed E-state index contributed by atoms with van der Waals surface area (Å²) < 4.78 is 12.4. The van der Waals surface area contributed by atoms with Crippen LogP contribution in [0.25, 0.3) is 0 Å². The van der Waals surface area contributed by atoms with Crippen LogP contribution in [0.2, 0.25) is 0 Å². The highest BCUT2D eigenvalue weighted by molar-refractivity contribution is 6.34. The van der Waals surface area contributed by atoms with Crippen LogP contribution in [-0.2, 0) is 18.3 Å². The van der Waals surface area contributed by atoms with Gasteiger partial charge in [-0.05, 0) is 55.0 Å². The number of fused-ring (bicyclic) bond motifs is 1. The molecule has 5 rings (SSSR count). The van der Waals surface area contributed by atoms with Crippen molar-refractivity contribution in [3.8, 4) is 5.75 Å². The molecule has 0 bridgehead atoms. The number of ketones is 1. The third-order valence-corrected chi connectivity index (χ3v) is 6.91. The topological polar surface area (TPSA) is 160 Å². The minimum atomic E-state index is -0.969. The number of ether oxygens (including phenoxy) is 2. The number of imide groups is 1. The van der Waals surface area contributed by atoms with Crippen molar-refractivity contribution in [2.45, 2.75) is 13.5 Å². The van der Waals surface area contributed by atoms with Crippen molar-refractivity contribution >= 4 is 35.1 Å². The average Bonchev–Trinajstić information content (AvgIpc) is 3.26. The first-order valence-corrected chi connectivity index (χ1v) is 13.2. The van der Waals surface area contributed by atoms with Crippen LogP contribution >= 0.6 is 0 Å². The van der Waals surface area contributed by atoms with Gasteiger partial charge in [-0.2, -0.15) is 0 Å². The van der Waals surface area contributed by atoms with E-state index in [2.05, 4.69) is 0 Å². The van der Waals surface area contributed by atoms with E-state index in [-0.39, 0.29) is 29.1 Å². The highest BCUT2D eigenvalue weighted by atomic mass is 16.5. The number of carbonyl (C=O) groups excluding carboxylic acids is 4. The lowest BCUT2D eigenvalue weighted by atomic mass is 10.1. The summed E-state index contributed by atoms with van der Waals surface area (Å²) in [7, 11) is 1.22. The molecule has 1 aliphatic heterocycles. The van der Waals surface area contributed by atoms with E-state index in [1.807, 2.05) is 6.92 Å². The van der Waals surface area contributed by atoms with Crippen LogP contribution < -0.4 is 26.6 Å². The first-order chi connectivity index (χ1) is 20.6. The van der Waals surface area contributed by atoms with E-state index in [1.165, 1.54) is 25.2 Å². The van der Waals surface area contributed by atoms with Gasteiger partial charge in [0, 0.05) is 7.05 Å². The molecule has 0 atom stereocenters. The molecule has 4 aromatic rings.